The predicted octanol–water partition coefficient (Wildman–Crippen LogP) is 2.75. The maximum absolute atomic E-state index is 5.65. The fourth-order valence-corrected chi connectivity index (χ4v) is 2.33. The SMILES string of the molecule is COc1cc(C)c(-c2nc(N)[nH]c2Br)c(OC)c1. The van der Waals surface area contributed by atoms with Crippen molar-refractivity contribution in [3.05, 3.63) is 22.3 Å². The van der Waals surface area contributed by atoms with E-state index in [1.54, 1.807) is 14.2 Å². The van der Waals surface area contributed by atoms with Crippen molar-refractivity contribution >= 4 is 21.9 Å². The number of benzene rings is 1. The van der Waals surface area contributed by atoms with Gasteiger partial charge in [0, 0.05) is 11.6 Å². The highest BCUT2D eigenvalue weighted by atomic mass is 79.9. The van der Waals surface area contributed by atoms with Crippen LogP contribution in [0.4, 0.5) is 5.95 Å². The molecule has 2 rings (SSSR count). The van der Waals surface area contributed by atoms with Crippen molar-refractivity contribution in [3.63, 3.8) is 0 Å². The Bertz CT molecular complexity index is 581. The molecule has 0 saturated heterocycles. The number of nitrogens with two attached hydrogens (primary N) is 1. The number of aromatic amines is 1. The molecule has 3 N–H and O–H groups in total. The number of anilines is 1. The van der Waals surface area contributed by atoms with Gasteiger partial charge in [-0.1, -0.05) is 0 Å². The zero-order valence-corrected chi connectivity index (χ0v) is 12.0. The molecule has 0 bridgehead atoms. The maximum Gasteiger partial charge on any atom is 0.198 e. The molecule has 6 heteroatoms. The molecule has 0 atom stereocenters. The molecule has 0 unspecified atom stereocenters. The Hall–Kier alpha value is -1.69. The zero-order chi connectivity index (χ0) is 13.3. The number of nitrogens with one attached hydrogen (secondary N) is 1. The van der Waals surface area contributed by atoms with Crippen LogP contribution in [0.3, 0.4) is 0 Å². The van der Waals surface area contributed by atoms with E-state index in [0.717, 1.165) is 27.2 Å². The van der Waals surface area contributed by atoms with E-state index < -0.39 is 0 Å². The number of ether oxygens (including phenoxy) is 2. The zero-order valence-electron chi connectivity index (χ0n) is 10.4. The molecule has 1 aromatic heterocycles. The van der Waals surface area contributed by atoms with Crippen LogP contribution in [0.5, 0.6) is 11.5 Å². The average Bonchev–Trinajstić information content (AvgIpc) is 2.67. The topological polar surface area (TPSA) is 73.2 Å². The van der Waals surface area contributed by atoms with E-state index in [9.17, 15) is 0 Å². The Morgan fingerprint density at radius 1 is 1.28 bits per heavy atom. The second-order valence-corrected chi connectivity index (χ2v) is 4.60. The van der Waals surface area contributed by atoms with Gasteiger partial charge in [-0.25, -0.2) is 4.98 Å². The number of aromatic nitrogens is 2. The summed E-state index contributed by atoms with van der Waals surface area (Å²) in [5.41, 5.74) is 8.26. The molecule has 1 aromatic carbocycles. The van der Waals surface area contributed by atoms with Gasteiger partial charge in [-0.15, -0.1) is 0 Å². The van der Waals surface area contributed by atoms with E-state index in [4.69, 9.17) is 15.2 Å². The number of hydrogen-bond donors (Lipinski definition) is 2. The molecule has 18 heavy (non-hydrogen) atoms. The van der Waals surface area contributed by atoms with E-state index in [0.29, 0.717) is 11.7 Å². The first-order valence-corrected chi connectivity index (χ1v) is 6.10. The van der Waals surface area contributed by atoms with Crippen LogP contribution in [0.15, 0.2) is 16.7 Å². The molecular weight excluding hydrogens is 298 g/mol. The molecule has 5 nitrogen and oxygen atoms in total. The van der Waals surface area contributed by atoms with Crippen molar-refractivity contribution in [2.24, 2.45) is 0 Å². The quantitative estimate of drug-likeness (QED) is 0.914. The second-order valence-electron chi connectivity index (χ2n) is 3.81. The first-order chi connectivity index (χ1) is 8.56. The number of nitrogen functional groups attached to an aromatic ring is 1. The predicted molar refractivity (Wildman–Crippen MR) is 74.0 cm³/mol. The molecule has 0 aliphatic heterocycles. The van der Waals surface area contributed by atoms with Crippen molar-refractivity contribution < 1.29 is 9.47 Å². The van der Waals surface area contributed by atoms with Crippen LogP contribution < -0.4 is 15.2 Å². The van der Waals surface area contributed by atoms with Crippen LogP contribution in [0, 0.1) is 6.92 Å². The van der Waals surface area contributed by atoms with E-state index in [-0.39, 0.29) is 0 Å². The smallest absolute Gasteiger partial charge is 0.198 e. The van der Waals surface area contributed by atoms with Crippen LogP contribution in [0.25, 0.3) is 11.3 Å². The minimum atomic E-state index is 0.356. The average molecular weight is 312 g/mol. The Kier molecular flexibility index (Phi) is 3.47. The summed E-state index contributed by atoms with van der Waals surface area (Å²) in [4.78, 5) is 7.17. The van der Waals surface area contributed by atoms with Crippen LogP contribution in [-0.2, 0) is 0 Å². The number of methoxy groups -OCH3 is 2. The fourth-order valence-electron chi connectivity index (χ4n) is 1.84. The molecule has 0 amide bonds. The standard InChI is InChI=1S/C12H14BrN3O2/c1-6-4-7(17-2)5-8(18-3)9(6)10-11(13)16-12(14)15-10/h4-5H,1-3H3,(H3,14,15,16). The van der Waals surface area contributed by atoms with E-state index in [1.165, 1.54) is 0 Å². The van der Waals surface area contributed by atoms with Gasteiger partial charge >= 0.3 is 0 Å². The van der Waals surface area contributed by atoms with Crippen LogP contribution >= 0.6 is 15.9 Å². The van der Waals surface area contributed by atoms with Gasteiger partial charge in [0.15, 0.2) is 5.95 Å². The third kappa shape index (κ3) is 2.15. The van der Waals surface area contributed by atoms with Gasteiger partial charge in [0.1, 0.15) is 21.8 Å². The first-order valence-electron chi connectivity index (χ1n) is 5.30. The molecule has 0 spiro atoms. The summed E-state index contributed by atoms with van der Waals surface area (Å²) in [7, 11) is 3.23. The van der Waals surface area contributed by atoms with Crippen molar-refractivity contribution in [1.29, 1.82) is 0 Å². The lowest BCUT2D eigenvalue weighted by molar-refractivity contribution is 0.395. The molecule has 1 heterocycles. The van der Waals surface area contributed by atoms with Gasteiger partial charge in [-0.3, -0.25) is 0 Å². The number of H-pyrrole nitrogens is 1. The molecule has 0 saturated carbocycles. The van der Waals surface area contributed by atoms with Crippen LogP contribution in [-0.4, -0.2) is 24.2 Å². The van der Waals surface area contributed by atoms with Gasteiger partial charge in [0.05, 0.1) is 14.2 Å². The van der Waals surface area contributed by atoms with Gasteiger partial charge < -0.3 is 20.2 Å². The molecule has 2 aromatic rings. The molecular formula is C12H14BrN3O2. The molecule has 0 aliphatic rings. The lowest BCUT2D eigenvalue weighted by Gasteiger charge is -2.12. The minimum absolute atomic E-state index is 0.356. The summed E-state index contributed by atoms with van der Waals surface area (Å²) in [6, 6.07) is 3.74. The highest BCUT2D eigenvalue weighted by Crippen LogP contribution is 2.39. The largest absolute Gasteiger partial charge is 0.497 e. The number of hydrogen-bond acceptors (Lipinski definition) is 4. The summed E-state index contributed by atoms with van der Waals surface area (Å²) in [5, 5.41) is 0. The second kappa shape index (κ2) is 4.89. The third-order valence-electron chi connectivity index (χ3n) is 2.64. The van der Waals surface area contributed by atoms with Gasteiger partial charge in [0.25, 0.3) is 0 Å². The summed E-state index contributed by atoms with van der Waals surface area (Å²) in [5.74, 6) is 1.79. The van der Waals surface area contributed by atoms with Gasteiger partial charge in [-0.2, -0.15) is 0 Å². The summed E-state index contributed by atoms with van der Waals surface area (Å²) in [6.07, 6.45) is 0. The van der Waals surface area contributed by atoms with E-state index in [2.05, 4.69) is 25.9 Å². The summed E-state index contributed by atoms with van der Waals surface area (Å²) >= 11 is 3.40. The van der Waals surface area contributed by atoms with Crippen molar-refractivity contribution in [2.75, 3.05) is 20.0 Å². The molecule has 96 valence electrons. The highest BCUT2D eigenvalue weighted by molar-refractivity contribution is 9.10. The lowest BCUT2D eigenvalue weighted by atomic mass is 10.0. The third-order valence-corrected chi connectivity index (χ3v) is 3.22. The van der Waals surface area contributed by atoms with E-state index in [1.807, 2.05) is 19.1 Å². The minimum Gasteiger partial charge on any atom is -0.497 e. The van der Waals surface area contributed by atoms with E-state index >= 15 is 0 Å². The van der Waals surface area contributed by atoms with Gasteiger partial charge in [0.2, 0.25) is 0 Å². The Labute approximate surface area is 113 Å². The van der Waals surface area contributed by atoms with Gasteiger partial charge in [-0.05, 0) is 34.5 Å². The first kappa shape index (κ1) is 12.8. The number of imidazole rings is 1. The Balaban J connectivity index is 2.66. The summed E-state index contributed by atoms with van der Waals surface area (Å²) < 4.78 is 11.3. The van der Waals surface area contributed by atoms with Crippen molar-refractivity contribution in [3.8, 4) is 22.8 Å². The number of rotatable bonds is 3. The van der Waals surface area contributed by atoms with Crippen LogP contribution in [0.2, 0.25) is 0 Å². The molecule has 0 aliphatic carbocycles. The van der Waals surface area contributed by atoms with Crippen LogP contribution in [0.1, 0.15) is 5.56 Å². The lowest BCUT2D eigenvalue weighted by Crippen LogP contribution is -1.94. The number of nitrogens with zero attached hydrogens (tertiary/aromatic N) is 1. The number of aryl methyl sites for hydroxylation is 1. The van der Waals surface area contributed by atoms with Crippen molar-refractivity contribution in [1.82, 2.24) is 9.97 Å². The maximum atomic E-state index is 5.65. The Morgan fingerprint density at radius 3 is 2.50 bits per heavy atom. The summed E-state index contributed by atoms with van der Waals surface area (Å²) in [6.45, 7) is 1.97. The highest BCUT2D eigenvalue weighted by Gasteiger charge is 2.17. The Morgan fingerprint density at radius 2 is 2.00 bits per heavy atom. The van der Waals surface area contributed by atoms with Crippen molar-refractivity contribution in [2.45, 2.75) is 6.92 Å². The molecule has 0 radical (unpaired) electrons. The monoisotopic (exact) mass is 311 g/mol. The normalized spacial score (nSPS) is 10.4. The number of halogens is 1. The molecule has 0 fully saturated rings. The fraction of sp³-hybridized carbons (Fsp3) is 0.250.